The zero-order chi connectivity index (χ0) is 17.1. The standard InChI is InChI=1S/C19H18O5/c1-3-22-15-10-9-12(11-16(15)23-4-2)19-18(21)17(20)13-7-5-6-8-14(13)24-19/h5-11,19H,3-4H2,1-2H3. The normalized spacial score (nSPS) is 16.3. The first kappa shape index (κ1) is 16.1. The number of para-hydroxylation sites is 1. The van der Waals surface area contributed by atoms with Crippen LogP contribution in [0.3, 0.4) is 0 Å². The smallest absolute Gasteiger partial charge is 0.248 e. The van der Waals surface area contributed by atoms with E-state index >= 15 is 0 Å². The van der Waals surface area contributed by atoms with Crippen LogP contribution in [0.5, 0.6) is 17.2 Å². The highest BCUT2D eigenvalue weighted by molar-refractivity contribution is 6.46. The van der Waals surface area contributed by atoms with Crippen LogP contribution in [0.1, 0.15) is 35.9 Å². The van der Waals surface area contributed by atoms with E-state index in [-0.39, 0.29) is 0 Å². The second-order valence-electron chi connectivity index (χ2n) is 5.26. The van der Waals surface area contributed by atoms with Gasteiger partial charge in [-0.25, -0.2) is 0 Å². The molecule has 0 aliphatic carbocycles. The Morgan fingerprint density at radius 2 is 1.67 bits per heavy atom. The maximum atomic E-state index is 12.4. The van der Waals surface area contributed by atoms with Crippen molar-refractivity contribution in [3.63, 3.8) is 0 Å². The molecule has 0 amide bonds. The van der Waals surface area contributed by atoms with Gasteiger partial charge in [-0.15, -0.1) is 0 Å². The molecular formula is C19H18O5. The van der Waals surface area contributed by atoms with Gasteiger partial charge in [-0.3, -0.25) is 9.59 Å². The van der Waals surface area contributed by atoms with Gasteiger partial charge in [0, 0.05) is 5.56 Å². The highest BCUT2D eigenvalue weighted by atomic mass is 16.5. The highest BCUT2D eigenvalue weighted by Gasteiger charge is 2.36. The lowest BCUT2D eigenvalue weighted by Gasteiger charge is -2.24. The monoisotopic (exact) mass is 326 g/mol. The summed E-state index contributed by atoms with van der Waals surface area (Å²) >= 11 is 0. The van der Waals surface area contributed by atoms with Crippen LogP contribution in [0.15, 0.2) is 42.5 Å². The summed E-state index contributed by atoms with van der Waals surface area (Å²) in [6.07, 6.45) is -0.970. The maximum absolute atomic E-state index is 12.4. The van der Waals surface area contributed by atoms with Crippen molar-refractivity contribution in [2.24, 2.45) is 0 Å². The van der Waals surface area contributed by atoms with Crippen LogP contribution in [-0.4, -0.2) is 24.8 Å². The largest absolute Gasteiger partial charge is 0.490 e. The van der Waals surface area contributed by atoms with E-state index in [0.29, 0.717) is 41.6 Å². The minimum Gasteiger partial charge on any atom is -0.490 e. The number of benzene rings is 2. The maximum Gasteiger partial charge on any atom is 0.248 e. The second kappa shape index (κ2) is 6.74. The molecule has 0 spiro atoms. The molecule has 3 rings (SSSR count). The Morgan fingerprint density at radius 1 is 0.958 bits per heavy atom. The van der Waals surface area contributed by atoms with Crippen molar-refractivity contribution in [1.29, 1.82) is 0 Å². The topological polar surface area (TPSA) is 61.8 Å². The van der Waals surface area contributed by atoms with Crippen molar-refractivity contribution in [3.8, 4) is 17.2 Å². The van der Waals surface area contributed by atoms with Crippen molar-refractivity contribution in [2.75, 3.05) is 13.2 Å². The Bertz CT molecular complexity index is 781. The third-order valence-electron chi connectivity index (χ3n) is 3.71. The molecule has 5 heteroatoms. The summed E-state index contributed by atoms with van der Waals surface area (Å²) in [6.45, 7) is 4.71. The minimum absolute atomic E-state index is 0.301. The molecule has 0 fully saturated rings. The molecule has 5 nitrogen and oxygen atoms in total. The van der Waals surface area contributed by atoms with Crippen LogP contribution in [0, 0.1) is 0 Å². The third kappa shape index (κ3) is 2.85. The molecular weight excluding hydrogens is 308 g/mol. The summed E-state index contributed by atoms with van der Waals surface area (Å²) in [5.74, 6) is 0.422. The first-order valence-corrected chi connectivity index (χ1v) is 7.89. The molecule has 1 atom stereocenters. The predicted octanol–water partition coefficient (Wildman–Crippen LogP) is 3.37. The first-order valence-electron chi connectivity index (χ1n) is 7.89. The van der Waals surface area contributed by atoms with Gasteiger partial charge in [0.05, 0.1) is 18.8 Å². The Labute approximate surface area is 140 Å². The number of ketones is 2. The van der Waals surface area contributed by atoms with Crippen LogP contribution in [-0.2, 0) is 4.79 Å². The lowest BCUT2D eigenvalue weighted by molar-refractivity contribution is -0.122. The van der Waals surface area contributed by atoms with Crippen molar-refractivity contribution in [1.82, 2.24) is 0 Å². The molecule has 0 N–H and O–H groups in total. The van der Waals surface area contributed by atoms with Crippen LogP contribution >= 0.6 is 0 Å². The van der Waals surface area contributed by atoms with Gasteiger partial charge in [-0.05, 0) is 38.1 Å². The average Bonchev–Trinajstić information content (AvgIpc) is 2.60. The van der Waals surface area contributed by atoms with Gasteiger partial charge in [0.25, 0.3) is 0 Å². The van der Waals surface area contributed by atoms with Crippen molar-refractivity contribution >= 4 is 11.6 Å². The van der Waals surface area contributed by atoms with E-state index in [9.17, 15) is 9.59 Å². The van der Waals surface area contributed by atoms with E-state index in [0.717, 1.165) is 0 Å². The van der Waals surface area contributed by atoms with E-state index in [1.54, 1.807) is 42.5 Å². The fourth-order valence-corrected chi connectivity index (χ4v) is 2.64. The van der Waals surface area contributed by atoms with Crippen LogP contribution < -0.4 is 14.2 Å². The van der Waals surface area contributed by atoms with Gasteiger partial charge in [0.15, 0.2) is 17.6 Å². The molecule has 0 saturated heterocycles. The molecule has 0 aromatic heterocycles. The Hall–Kier alpha value is -2.82. The average molecular weight is 326 g/mol. The molecule has 1 unspecified atom stereocenters. The third-order valence-corrected chi connectivity index (χ3v) is 3.71. The van der Waals surface area contributed by atoms with Crippen molar-refractivity contribution in [3.05, 3.63) is 53.6 Å². The summed E-state index contributed by atoms with van der Waals surface area (Å²) < 4.78 is 16.9. The van der Waals surface area contributed by atoms with Crippen molar-refractivity contribution in [2.45, 2.75) is 20.0 Å². The zero-order valence-electron chi connectivity index (χ0n) is 13.6. The summed E-state index contributed by atoms with van der Waals surface area (Å²) in [5, 5.41) is 0. The van der Waals surface area contributed by atoms with Gasteiger partial charge >= 0.3 is 0 Å². The van der Waals surface area contributed by atoms with Gasteiger partial charge in [-0.2, -0.15) is 0 Å². The fraction of sp³-hybridized carbons (Fsp3) is 0.263. The molecule has 124 valence electrons. The van der Waals surface area contributed by atoms with E-state index in [1.165, 1.54) is 0 Å². The highest BCUT2D eigenvalue weighted by Crippen LogP contribution is 2.36. The molecule has 0 bridgehead atoms. The number of Topliss-reactive ketones (excluding diaryl/α,β-unsaturated/α-hetero) is 2. The van der Waals surface area contributed by atoms with Gasteiger partial charge in [-0.1, -0.05) is 18.2 Å². The predicted molar refractivity (Wildman–Crippen MR) is 87.9 cm³/mol. The number of carbonyl (C=O) groups is 2. The lowest BCUT2D eigenvalue weighted by Crippen LogP contribution is -2.31. The summed E-state index contributed by atoms with van der Waals surface area (Å²) in [5.41, 5.74) is 0.865. The molecule has 0 saturated carbocycles. The van der Waals surface area contributed by atoms with Crippen LogP contribution in [0.25, 0.3) is 0 Å². The Balaban J connectivity index is 1.98. The number of hydrogen-bond acceptors (Lipinski definition) is 5. The second-order valence-corrected chi connectivity index (χ2v) is 5.26. The van der Waals surface area contributed by atoms with Crippen LogP contribution in [0.4, 0.5) is 0 Å². The minimum atomic E-state index is -0.970. The van der Waals surface area contributed by atoms with Crippen LogP contribution in [0.2, 0.25) is 0 Å². The number of ether oxygens (including phenoxy) is 3. The first-order chi connectivity index (χ1) is 11.7. The molecule has 1 aliphatic heterocycles. The van der Waals surface area contributed by atoms with E-state index in [4.69, 9.17) is 14.2 Å². The van der Waals surface area contributed by atoms with Gasteiger partial charge < -0.3 is 14.2 Å². The number of hydrogen-bond donors (Lipinski definition) is 0. The number of rotatable bonds is 5. The van der Waals surface area contributed by atoms with Crippen molar-refractivity contribution < 1.29 is 23.8 Å². The SMILES string of the molecule is CCOc1ccc(C2Oc3ccccc3C(=O)C2=O)cc1OCC. The molecule has 2 aromatic carbocycles. The molecule has 1 aliphatic rings. The molecule has 24 heavy (non-hydrogen) atoms. The summed E-state index contributed by atoms with van der Waals surface area (Å²) in [6, 6.07) is 11.9. The molecule has 0 radical (unpaired) electrons. The van der Waals surface area contributed by atoms with E-state index < -0.39 is 17.7 Å². The Morgan fingerprint density at radius 3 is 2.42 bits per heavy atom. The lowest BCUT2D eigenvalue weighted by atomic mass is 9.95. The van der Waals surface area contributed by atoms with E-state index in [2.05, 4.69) is 0 Å². The Kier molecular flexibility index (Phi) is 4.51. The zero-order valence-corrected chi connectivity index (χ0v) is 13.6. The number of carbonyl (C=O) groups excluding carboxylic acids is 2. The van der Waals surface area contributed by atoms with E-state index in [1.807, 2.05) is 13.8 Å². The van der Waals surface area contributed by atoms with Gasteiger partial charge in [0.1, 0.15) is 5.75 Å². The fourth-order valence-electron chi connectivity index (χ4n) is 2.64. The quantitative estimate of drug-likeness (QED) is 0.788. The molecule has 2 aromatic rings. The molecule has 1 heterocycles. The summed E-state index contributed by atoms with van der Waals surface area (Å²) in [7, 11) is 0. The van der Waals surface area contributed by atoms with Gasteiger partial charge in [0.2, 0.25) is 11.6 Å². The number of fused-ring (bicyclic) bond motifs is 1. The summed E-state index contributed by atoms with van der Waals surface area (Å²) in [4.78, 5) is 24.7.